The quantitative estimate of drug-likeness (QED) is 0.723. The minimum absolute atomic E-state index is 0.132. The van der Waals surface area contributed by atoms with Gasteiger partial charge in [-0.2, -0.15) is 0 Å². The summed E-state index contributed by atoms with van der Waals surface area (Å²) in [5, 5.41) is 0. The minimum Gasteiger partial charge on any atom is -0.473 e. The van der Waals surface area contributed by atoms with Gasteiger partial charge in [-0.15, -0.1) is 0 Å². The molecule has 0 aliphatic heterocycles. The smallest absolute Gasteiger partial charge is 0.237 e. The van der Waals surface area contributed by atoms with Crippen molar-refractivity contribution in [3.05, 3.63) is 29.2 Å². The van der Waals surface area contributed by atoms with E-state index in [0.717, 1.165) is 48.5 Å². The van der Waals surface area contributed by atoms with E-state index in [0.29, 0.717) is 18.1 Å². The van der Waals surface area contributed by atoms with E-state index in [4.69, 9.17) is 20.4 Å². The molecule has 0 saturated heterocycles. The largest absolute Gasteiger partial charge is 0.473 e. The molecule has 0 spiro atoms. The Morgan fingerprint density at radius 2 is 1.74 bits per heavy atom. The van der Waals surface area contributed by atoms with E-state index < -0.39 is 0 Å². The second kappa shape index (κ2) is 9.65. The van der Waals surface area contributed by atoms with Crippen molar-refractivity contribution >= 4 is 5.82 Å². The molecule has 0 aliphatic rings. The summed E-state index contributed by atoms with van der Waals surface area (Å²) in [6.45, 7) is 8.76. The van der Waals surface area contributed by atoms with Crippen molar-refractivity contribution < 1.29 is 4.74 Å². The van der Waals surface area contributed by atoms with Crippen molar-refractivity contribution in [2.75, 3.05) is 19.0 Å². The first-order chi connectivity index (χ1) is 13.0. The highest BCUT2D eigenvalue weighted by molar-refractivity contribution is 5.67. The van der Waals surface area contributed by atoms with Crippen LogP contribution in [0.5, 0.6) is 5.88 Å². The second-order valence-corrected chi connectivity index (χ2v) is 6.83. The van der Waals surface area contributed by atoms with Crippen molar-refractivity contribution in [1.29, 1.82) is 0 Å². The van der Waals surface area contributed by atoms with Gasteiger partial charge >= 0.3 is 0 Å². The number of rotatable bonds is 9. The lowest BCUT2D eigenvalue weighted by Crippen LogP contribution is -2.18. The fourth-order valence-corrected chi connectivity index (χ4v) is 3.02. The molecule has 148 valence electrons. The number of aromatic nitrogens is 3. The second-order valence-electron chi connectivity index (χ2n) is 6.83. The minimum atomic E-state index is 0.132. The van der Waals surface area contributed by atoms with E-state index in [-0.39, 0.29) is 6.10 Å². The van der Waals surface area contributed by atoms with E-state index in [1.165, 1.54) is 5.56 Å². The Morgan fingerprint density at radius 3 is 2.26 bits per heavy atom. The Balaban J connectivity index is 2.57. The van der Waals surface area contributed by atoms with Crippen LogP contribution in [-0.2, 0) is 19.4 Å². The van der Waals surface area contributed by atoms with Gasteiger partial charge in [-0.25, -0.2) is 15.0 Å². The van der Waals surface area contributed by atoms with E-state index in [2.05, 4.69) is 38.7 Å². The summed E-state index contributed by atoms with van der Waals surface area (Å²) in [5.41, 5.74) is 10.7. The number of pyridine rings is 1. The zero-order valence-electron chi connectivity index (χ0n) is 17.5. The van der Waals surface area contributed by atoms with Gasteiger partial charge in [-0.05, 0) is 37.3 Å². The first kappa shape index (κ1) is 21.1. The van der Waals surface area contributed by atoms with Gasteiger partial charge in [-0.1, -0.05) is 27.7 Å². The summed E-state index contributed by atoms with van der Waals surface area (Å²) < 4.78 is 6.10. The Hall–Kier alpha value is -2.21. The number of nitrogens with two attached hydrogens (primary N) is 1. The molecule has 0 saturated carbocycles. The molecule has 2 heterocycles. The van der Waals surface area contributed by atoms with Crippen molar-refractivity contribution in [3.8, 4) is 17.1 Å². The molecule has 2 aromatic heterocycles. The van der Waals surface area contributed by atoms with Gasteiger partial charge in [0, 0.05) is 32.4 Å². The Bertz CT molecular complexity index is 756. The lowest BCUT2D eigenvalue weighted by Gasteiger charge is -2.20. The number of hydrogen-bond acceptors (Lipinski definition) is 6. The first-order valence-electron chi connectivity index (χ1n) is 9.91. The van der Waals surface area contributed by atoms with Crippen LogP contribution in [0.15, 0.2) is 12.3 Å². The first-order valence-corrected chi connectivity index (χ1v) is 9.91. The molecule has 6 nitrogen and oxygen atoms in total. The molecule has 0 radical (unpaired) electrons. The van der Waals surface area contributed by atoms with Crippen LogP contribution in [0.25, 0.3) is 11.3 Å². The van der Waals surface area contributed by atoms with Crippen molar-refractivity contribution in [1.82, 2.24) is 15.0 Å². The molecule has 2 N–H and O–H groups in total. The maximum absolute atomic E-state index is 6.10. The van der Waals surface area contributed by atoms with Crippen LogP contribution in [0.3, 0.4) is 0 Å². The summed E-state index contributed by atoms with van der Waals surface area (Å²) in [6.07, 6.45) is 5.56. The lowest BCUT2D eigenvalue weighted by atomic mass is 10.0. The predicted octanol–water partition coefficient (Wildman–Crippen LogP) is 3.76. The van der Waals surface area contributed by atoms with Crippen molar-refractivity contribution in [3.63, 3.8) is 0 Å². The number of nitrogens with zero attached hydrogens (tertiary/aromatic N) is 4. The number of anilines is 1. The molecule has 6 heteroatoms. The molecule has 2 rings (SSSR count). The van der Waals surface area contributed by atoms with Crippen LogP contribution >= 0.6 is 0 Å². The lowest BCUT2D eigenvalue weighted by molar-refractivity contribution is 0.181. The molecule has 27 heavy (non-hydrogen) atoms. The van der Waals surface area contributed by atoms with Gasteiger partial charge in [0.05, 0.1) is 17.5 Å². The van der Waals surface area contributed by atoms with Gasteiger partial charge in [-0.3, -0.25) is 0 Å². The van der Waals surface area contributed by atoms with Gasteiger partial charge in [0.1, 0.15) is 11.5 Å². The van der Waals surface area contributed by atoms with Crippen LogP contribution in [0.1, 0.15) is 57.5 Å². The van der Waals surface area contributed by atoms with E-state index in [9.17, 15) is 0 Å². The van der Waals surface area contributed by atoms with Gasteiger partial charge < -0.3 is 15.4 Å². The predicted molar refractivity (Wildman–Crippen MR) is 111 cm³/mol. The molecule has 0 aliphatic carbocycles. The van der Waals surface area contributed by atoms with Crippen LogP contribution in [0.2, 0.25) is 0 Å². The molecule has 0 fully saturated rings. The third-order valence-electron chi connectivity index (χ3n) is 4.79. The maximum atomic E-state index is 6.10. The average Bonchev–Trinajstić information content (AvgIpc) is 2.70. The zero-order valence-corrected chi connectivity index (χ0v) is 17.5. The number of aryl methyl sites for hydroxylation is 2. The number of hydrogen-bond donors (Lipinski definition) is 1. The summed E-state index contributed by atoms with van der Waals surface area (Å²) in [5.74, 6) is 1.51. The third-order valence-corrected chi connectivity index (χ3v) is 4.79. The van der Waals surface area contributed by atoms with Crippen LogP contribution < -0.4 is 15.4 Å². The summed E-state index contributed by atoms with van der Waals surface area (Å²) in [7, 11) is 3.99. The summed E-state index contributed by atoms with van der Waals surface area (Å²) in [6, 6.07) is 2.12. The SMILES string of the molecule is CCc1cc(N(C)C)ncc1-c1nc(CN)c(OC(CC)CC)nc1CC. The molecule has 0 unspecified atom stereocenters. The molecular weight excluding hydrogens is 338 g/mol. The van der Waals surface area contributed by atoms with Crippen LogP contribution in [0.4, 0.5) is 5.82 Å². The number of ether oxygens (including phenoxy) is 1. The topological polar surface area (TPSA) is 77.2 Å². The average molecular weight is 372 g/mol. The van der Waals surface area contributed by atoms with Crippen molar-refractivity contribution in [2.24, 2.45) is 5.73 Å². The Morgan fingerprint density at radius 1 is 1.04 bits per heavy atom. The summed E-state index contributed by atoms with van der Waals surface area (Å²) in [4.78, 5) is 16.3. The standard InChI is InChI=1S/C21H33N5O/c1-7-14-11-19(26(5)6)23-13-16(14)20-17(10-4)25-21(18(12-22)24-20)27-15(8-2)9-3/h11,13,15H,7-10,12,22H2,1-6H3. The monoisotopic (exact) mass is 371 g/mol. The Labute approximate surface area is 163 Å². The molecule has 0 atom stereocenters. The summed E-state index contributed by atoms with van der Waals surface area (Å²) >= 11 is 0. The zero-order chi connectivity index (χ0) is 20.0. The van der Waals surface area contributed by atoms with Crippen LogP contribution in [0, 0.1) is 0 Å². The highest BCUT2D eigenvalue weighted by Crippen LogP contribution is 2.30. The fourth-order valence-electron chi connectivity index (χ4n) is 3.02. The molecule has 0 aromatic carbocycles. The van der Waals surface area contributed by atoms with E-state index >= 15 is 0 Å². The molecule has 0 bridgehead atoms. The Kier molecular flexibility index (Phi) is 7.54. The van der Waals surface area contributed by atoms with E-state index in [1.54, 1.807) is 0 Å². The molecular formula is C21H33N5O. The third kappa shape index (κ3) is 4.75. The molecule has 0 amide bonds. The van der Waals surface area contributed by atoms with E-state index in [1.807, 2.05) is 25.2 Å². The van der Waals surface area contributed by atoms with Gasteiger partial charge in [0.2, 0.25) is 5.88 Å². The normalized spacial score (nSPS) is 11.1. The highest BCUT2D eigenvalue weighted by atomic mass is 16.5. The van der Waals surface area contributed by atoms with Crippen molar-refractivity contribution in [2.45, 2.75) is 66.0 Å². The van der Waals surface area contributed by atoms with Crippen LogP contribution in [-0.4, -0.2) is 35.2 Å². The molecule has 2 aromatic rings. The van der Waals surface area contributed by atoms with Gasteiger partial charge in [0.25, 0.3) is 0 Å². The highest BCUT2D eigenvalue weighted by Gasteiger charge is 2.19. The fraction of sp³-hybridized carbons (Fsp3) is 0.571. The maximum Gasteiger partial charge on any atom is 0.237 e. The van der Waals surface area contributed by atoms with Gasteiger partial charge in [0.15, 0.2) is 0 Å².